The Kier molecular flexibility index (Phi) is 18.7. The molecular formula is C58H78BrF2N4O14P. The van der Waals surface area contributed by atoms with Crippen molar-refractivity contribution in [3.8, 4) is 0 Å². The molecule has 1 saturated heterocycles. The Hall–Kier alpha value is -4.73. The molecule has 440 valence electrons. The quantitative estimate of drug-likeness (QED) is 0.0472. The van der Waals surface area contributed by atoms with E-state index in [0.717, 1.165) is 17.2 Å². The number of alkyl carbamates (subject to hydrolysis) is 1. The molecule has 1 heterocycles. The number of rotatable bonds is 20. The molecule has 4 fully saturated rings. The fourth-order valence-electron chi connectivity index (χ4n) is 12.3. The van der Waals surface area contributed by atoms with Crippen LogP contribution in [0.4, 0.5) is 19.3 Å². The molecule has 1 unspecified atom stereocenters. The third-order valence-corrected chi connectivity index (χ3v) is 18.1. The van der Waals surface area contributed by atoms with Gasteiger partial charge in [0.25, 0.3) is 0 Å². The van der Waals surface area contributed by atoms with E-state index >= 15 is 13.6 Å². The normalized spacial score (nSPS) is 29.5. The topological polar surface area (TPSA) is 243 Å². The summed E-state index contributed by atoms with van der Waals surface area (Å²) in [6, 6.07) is 13.5. The van der Waals surface area contributed by atoms with Crippen LogP contribution >= 0.6 is 23.8 Å². The summed E-state index contributed by atoms with van der Waals surface area (Å²) >= 11 is 3.05. The number of nitrogens with one attached hydrogen (secondary N) is 4. The number of carbonyl (C=O) groups is 6. The van der Waals surface area contributed by atoms with Crippen molar-refractivity contribution in [1.82, 2.24) is 16.0 Å². The van der Waals surface area contributed by atoms with Gasteiger partial charge < -0.3 is 40.6 Å². The molecule has 18 nitrogen and oxygen atoms in total. The zero-order chi connectivity index (χ0) is 59.0. The van der Waals surface area contributed by atoms with E-state index in [9.17, 15) is 33.6 Å². The molecule has 5 N–H and O–H groups in total. The van der Waals surface area contributed by atoms with Gasteiger partial charge in [0.05, 0.1) is 35.3 Å². The van der Waals surface area contributed by atoms with Crippen LogP contribution in [0.1, 0.15) is 138 Å². The third kappa shape index (κ3) is 13.7. The number of phosphoric acid groups is 1. The first-order chi connectivity index (χ1) is 37.1. The van der Waals surface area contributed by atoms with E-state index in [1.165, 1.54) is 19.1 Å². The molecule has 2 aromatic rings. The number of alkyl halides is 3. The molecular weight excluding hydrogens is 1130 g/mol. The van der Waals surface area contributed by atoms with Gasteiger partial charge in [-0.1, -0.05) is 65.3 Å². The van der Waals surface area contributed by atoms with Gasteiger partial charge in [0.1, 0.15) is 24.4 Å². The summed E-state index contributed by atoms with van der Waals surface area (Å²) in [6.45, 7) is 17.5. The van der Waals surface area contributed by atoms with Gasteiger partial charge in [-0.3, -0.25) is 37.5 Å². The molecule has 11 atom stereocenters. The van der Waals surface area contributed by atoms with Crippen LogP contribution in [-0.2, 0) is 62.7 Å². The van der Waals surface area contributed by atoms with Crippen LogP contribution in [0, 0.1) is 22.7 Å². The predicted octanol–water partition coefficient (Wildman–Crippen LogP) is 9.31. The Labute approximate surface area is 475 Å². The number of allylic oxidation sites excluding steroid dienone is 4. The number of benzene rings is 2. The van der Waals surface area contributed by atoms with Crippen molar-refractivity contribution in [2.24, 2.45) is 22.7 Å². The molecule has 1 aliphatic heterocycles. The summed E-state index contributed by atoms with van der Waals surface area (Å²) in [5.41, 5.74) is -7.60. The smallest absolute Gasteiger partial charge is 0.444 e. The Balaban J connectivity index is 1.09. The SMILES string of the molecule is CC(C)(C)OC(=O)NCCCC[C@H](NC(=O)CNC(=O)CBr)C(=O)Nc1cccc(Cc2ccc([C@@H]3O[C@@H]4C[C@H]5C6C[C@H](F)C7=CC(=O)C=C[C@]7(C)[C@@]6(F)[C@@H](O)C[C@]5(C)[C@]4(C(=O)COP(=O)(OC(C)(C)C)OC(C)(C)C)O3)cc2)c1. The first kappa shape index (κ1) is 62.9. The van der Waals surface area contributed by atoms with Crippen molar-refractivity contribution in [1.29, 1.82) is 0 Å². The molecule has 0 aromatic heterocycles. The van der Waals surface area contributed by atoms with Gasteiger partial charge in [-0.15, -0.1) is 0 Å². The number of amides is 4. The van der Waals surface area contributed by atoms with Crippen LogP contribution in [-0.4, -0.2) is 118 Å². The summed E-state index contributed by atoms with van der Waals surface area (Å²) in [5, 5.41) is 23.0. The largest absolute Gasteiger partial charge is 0.476 e. The van der Waals surface area contributed by atoms with Gasteiger partial charge in [-0.25, -0.2) is 18.1 Å². The highest BCUT2D eigenvalue weighted by atomic mass is 79.9. The molecule has 3 saturated carbocycles. The van der Waals surface area contributed by atoms with Crippen LogP contribution in [0.5, 0.6) is 0 Å². The highest BCUT2D eigenvalue weighted by Crippen LogP contribution is 2.73. The van der Waals surface area contributed by atoms with Crippen molar-refractivity contribution in [3.05, 3.63) is 89.0 Å². The number of carbonyl (C=O) groups excluding carboxylic acids is 6. The maximum absolute atomic E-state index is 18.3. The predicted molar refractivity (Wildman–Crippen MR) is 297 cm³/mol. The van der Waals surface area contributed by atoms with E-state index in [0.29, 0.717) is 30.5 Å². The number of aliphatic hydroxyl groups excluding tert-OH is 1. The minimum Gasteiger partial charge on any atom is -0.444 e. The lowest BCUT2D eigenvalue weighted by atomic mass is 9.44. The van der Waals surface area contributed by atoms with Crippen molar-refractivity contribution in [3.63, 3.8) is 0 Å². The fraction of sp³-hybridized carbons (Fsp3) is 0.621. The minimum atomic E-state index is -4.47. The van der Waals surface area contributed by atoms with Crippen LogP contribution in [0.2, 0.25) is 0 Å². The van der Waals surface area contributed by atoms with Gasteiger partial charge in [0.15, 0.2) is 29.1 Å². The number of aliphatic hydroxyl groups is 1. The Bertz CT molecular complexity index is 2780. The summed E-state index contributed by atoms with van der Waals surface area (Å²) in [6.07, 6.45) is -1.70. The molecule has 0 radical (unpaired) electrons. The van der Waals surface area contributed by atoms with Crippen LogP contribution in [0.25, 0.3) is 0 Å². The van der Waals surface area contributed by atoms with Crippen LogP contribution in [0.3, 0.4) is 0 Å². The minimum absolute atomic E-state index is 0.000213. The molecule has 4 amide bonds. The number of ether oxygens (including phenoxy) is 3. The number of halogens is 3. The van der Waals surface area contributed by atoms with E-state index in [2.05, 4.69) is 37.2 Å². The third-order valence-electron chi connectivity index (χ3n) is 15.6. The number of fused-ring (bicyclic) bond motifs is 7. The lowest BCUT2D eigenvalue weighted by Crippen LogP contribution is -2.70. The van der Waals surface area contributed by atoms with Gasteiger partial charge in [0, 0.05) is 34.5 Å². The Morgan fingerprint density at radius 1 is 0.887 bits per heavy atom. The number of Topliss-reactive ketones (excluding diaryl/α,β-unsaturated/α-hetero) is 1. The first-order valence-electron chi connectivity index (χ1n) is 27.2. The van der Waals surface area contributed by atoms with Crippen LogP contribution < -0.4 is 21.3 Å². The van der Waals surface area contributed by atoms with Crippen molar-refractivity contribution < 1.29 is 75.0 Å². The van der Waals surface area contributed by atoms with Crippen molar-refractivity contribution >= 4 is 64.8 Å². The number of hydrogen-bond acceptors (Lipinski definition) is 14. The second-order valence-corrected chi connectivity index (χ2v) is 27.1. The van der Waals surface area contributed by atoms with Gasteiger partial charge in [-0.05, 0) is 161 Å². The summed E-state index contributed by atoms with van der Waals surface area (Å²) in [4.78, 5) is 78.3. The number of phosphoric ester groups is 1. The lowest BCUT2D eigenvalue weighted by Gasteiger charge is -2.63. The summed E-state index contributed by atoms with van der Waals surface area (Å²) < 4.78 is 85.5. The average Bonchev–Trinajstić information content (AvgIpc) is 4.02. The van der Waals surface area contributed by atoms with E-state index in [-0.39, 0.29) is 49.7 Å². The maximum atomic E-state index is 18.3. The molecule has 22 heteroatoms. The van der Waals surface area contributed by atoms with Gasteiger partial charge in [0.2, 0.25) is 17.7 Å². The summed E-state index contributed by atoms with van der Waals surface area (Å²) in [7, 11) is -4.47. The van der Waals surface area contributed by atoms with E-state index in [1.807, 2.05) is 18.2 Å². The fourth-order valence-corrected chi connectivity index (χ4v) is 14.3. The number of unbranched alkanes of at least 4 members (excludes halogenated alkanes) is 1. The molecule has 5 aliphatic rings. The van der Waals surface area contributed by atoms with E-state index in [1.54, 1.807) is 99.6 Å². The molecule has 0 bridgehead atoms. The molecule has 0 spiro atoms. The van der Waals surface area contributed by atoms with E-state index < -0.39 is 131 Å². The zero-order valence-corrected chi connectivity index (χ0v) is 50.0. The highest BCUT2D eigenvalue weighted by Gasteiger charge is 2.80. The van der Waals surface area contributed by atoms with E-state index in [4.69, 9.17) is 27.8 Å². The van der Waals surface area contributed by atoms with Gasteiger partial charge in [-0.2, -0.15) is 0 Å². The molecule has 4 aliphatic carbocycles. The monoisotopic (exact) mass is 1200 g/mol. The number of anilines is 1. The second kappa shape index (κ2) is 23.9. The molecule has 80 heavy (non-hydrogen) atoms. The summed E-state index contributed by atoms with van der Waals surface area (Å²) in [5.74, 6) is -4.58. The maximum Gasteiger partial charge on any atom is 0.476 e. The molecule has 7 rings (SSSR count). The van der Waals surface area contributed by atoms with Crippen molar-refractivity contribution in [2.45, 2.75) is 180 Å². The average molecular weight is 1200 g/mol. The Morgan fingerprint density at radius 2 is 1.56 bits per heavy atom. The zero-order valence-electron chi connectivity index (χ0n) is 47.5. The second-order valence-electron chi connectivity index (χ2n) is 25.0. The van der Waals surface area contributed by atoms with Gasteiger partial charge >= 0.3 is 13.9 Å². The number of ketones is 2. The number of hydrogen-bond donors (Lipinski definition) is 5. The lowest BCUT2D eigenvalue weighted by molar-refractivity contribution is -0.235. The van der Waals surface area contributed by atoms with Crippen LogP contribution in [0.15, 0.2) is 72.3 Å². The molecule has 2 aromatic carbocycles. The standard InChI is InChI=1S/C58H78BrF2N4O14P/c1-52(2,3)77-51(72)62-24-13-12-17-43(65-48(70)32-63-47(69)31-59)49(71)64-37-16-14-15-35(26-37)25-34-18-20-36(21-19-34)50-75-46-29-39-40-28-42(60)41-27-38(66)22-23-55(41,10)57(40,61)44(67)30-56(39,11)58(46,76-50)45(68)33-74-80(73,78-53(4,5)6)79-54(7,8)9/h14-16,18-23,26-27,39-40,42-44,46,50,67H,12-13,17,24-25,28-33H2,1-11H3,(H,62,72)(H,63,69)(H,64,71)(H,65,70)/t39-,40?,42-,43-,44-,46+,50+,55-,56-,57-,58+/m0/s1. The highest BCUT2D eigenvalue weighted by molar-refractivity contribution is 9.09. The Morgan fingerprint density at radius 3 is 2.20 bits per heavy atom. The first-order valence-corrected chi connectivity index (χ1v) is 29.8. The van der Waals surface area contributed by atoms with Crippen molar-refractivity contribution in [2.75, 3.05) is 30.3 Å².